The summed E-state index contributed by atoms with van der Waals surface area (Å²) in [6, 6.07) is 10.9. The van der Waals surface area contributed by atoms with Gasteiger partial charge in [-0.3, -0.25) is 14.5 Å². The molecule has 5 rings (SSSR count). The first kappa shape index (κ1) is 20.3. The van der Waals surface area contributed by atoms with Gasteiger partial charge in [0.05, 0.1) is 18.5 Å². The molecule has 2 aliphatic heterocycles. The van der Waals surface area contributed by atoms with Crippen LogP contribution in [-0.2, 0) is 9.59 Å². The molecule has 0 radical (unpaired) electrons. The van der Waals surface area contributed by atoms with Crippen molar-refractivity contribution < 1.29 is 14.0 Å². The van der Waals surface area contributed by atoms with Gasteiger partial charge in [-0.15, -0.1) is 0 Å². The van der Waals surface area contributed by atoms with Gasteiger partial charge >= 0.3 is 0 Å². The first-order valence-corrected chi connectivity index (χ1v) is 11.2. The molecule has 1 aromatic heterocycles. The SMILES string of the molecule is O=C(C1CC1)N1CCN(CC(=O)N2N=C(c3ccc(Cl)cc3)CC2c2ccco2)CC1. The normalized spacial score (nSPS) is 22.0. The molecule has 0 bridgehead atoms. The highest BCUT2D eigenvalue weighted by molar-refractivity contribution is 6.30. The fourth-order valence-electron chi connectivity index (χ4n) is 4.24. The van der Waals surface area contributed by atoms with Gasteiger partial charge in [0.15, 0.2) is 0 Å². The van der Waals surface area contributed by atoms with Crippen molar-refractivity contribution >= 4 is 29.1 Å². The maximum Gasteiger partial charge on any atom is 0.257 e. The minimum Gasteiger partial charge on any atom is -0.467 e. The second-order valence-corrected chi connectivity index (χ2v) is 8.84. The number of piperazine rings is 1. The Kier molecular flexibility index (Phi) is 5.54. The minimum absolute atomic E-state index is 0.0627. The molecule has 1 atom stereocenters. The summed E-state index contributed by atoms with van der Waals surface area (Å²) in [5, 5.41) is 6.90. The van der Waals surface area contributed by atoms with Crippen molar-refractivity contribution in [2.45, 2.75) is 25.3 Å². The smallest absolute Gasteiger partial charge is 0.257 e. The van der Waals surface area contributed by atoms with Crippen LogP contribution < -0.4 is 0 Å². The Hall–Kier alpha value is -2.64. The lowest BCUT2D eigenvalue weighted by molar-refractivity contribution is -0.137. The van der Waals surface area contributed by atoms with Gasteiger partial charge in [-0.1, -0.05) is 23.7 Å². The van der Waals surface area contributed by atoms with Crippen LogP contribution >= 0.6 is 11.6 Å². The van der Waals surface area contributed by atoms with Crippen molar-refractivity contribution in [2.24, 2.45) is 11.0 Å². The van der Waals surface area contributed by atoms with Gasteiger partial charge < -0.3 is 9.32 Å². The molecule has 0 spiro atoms. The second kappa shape index (κ2) is 8.48. The molecule has 1 saturated heterocycles. The molecule has 0 N–H and O–H groups in total. The fourth-order valence-corrected chi connectivity index (χ4v) is 4.36. The van der Waals surface area contributed by atoms with Gasteiger partial charge in [0.25, 0.3) is 5.91 Å². The summed E-state index contributed by atoms with van der Waals surface area (Å²) < 4.78 is 5.61. The van der Waals surface area contributed by atoms with Gasteiger partial charge in [0.2, 0.25) is 5.91 Å². The van der Waals surface area contributed by atoms with E-state index >= 15 is 0 Å². The average Bonchev–Trinajstić information content (AvgIpc) is 3.30. The predicted octanol–water partition coefficient (Wildman–Crippen LogP) is 3.16. The first-order valence-electron chi connectivity index (χ1n) is 10.8. The fraction of sp³-hybridized carbons (Fsp3) is 0.435. The Morgan fingerprint density at radius 2 is 1.81 bits per heavy atom. The van der Waals surface area contributed by atoms with Crippen molar-refractivity contribution in [3.8, 4) is 0 Å². The van der Waals surface area contributed by atoms with Crippen LogP contribution in [0.2, 0.25) is 5.02 Å². The molecule has 8 heteroatoms. The van der Waals surface area contributed by atoms with E-state index in [2.05, 4.69) is 10.0 Å². The minimum atomic E-state index is -0.258. The van der Waals surface area contributed by atoms with Crippen LogP contribution in [0.3, 0.4) is 0 Å². The van der Waals surface area contributed by atoms with Crippen LogP contribution in [0.4, 0.5) is 0 Å². The van der Waals surface area contributed by atoms with E-state index in [1.165, 1.54) is 0 Å². The van der Waals surface area contributed by atoms with Crippen LogP contribution in [-0.4, -0.2) is 65.1 Å². The highest BCUT2D eigenvalue weighted by Gasteiger charge is 2.37. The number of amides is 2. The number of carbonyl (C=O) groups excluding carboxylic acids is 2. The van der Waals surface area contributed by atoms with Crippen molar-refractivity contribution in [2.75, 3.05) is 32.7 Å². The standard InChI is InChI=1S/C23H25ClN4O3/c24-18-7-5-16(6-8-18)19-14-20(21-2-1-13-31-21)28(25-19)22(29)15-26-9-11-27(12-10-26)23(30)17-3-4-17/h1-2,5-8,13,17,20H,3-4,9-12,14-15H2. The first-order chi connectivity index (χ1) is 15.1. The lowest BCUT2D eigenvalue weighted by atomic mass is 10.0. The number of nitrogens with zero attached hydrogens (tertiary/aromatic N) is 4. The Morgan fingerprint density at radius 1 is 1.06 bits per heavy atom. The third kappa shape index (κ3) is 4.38. The average molecular weight is 441 g/mol. The Labute approximate surface area is 186 Å². The van der Waals surface area contributed by atoms with Crippen LogP contribution in [0.1, 0.15) is 36.6 Å². The molecular formula is C23H25ClN4O3. The molecule has 1 aliphatic carbocycles. The van der Waals surface area contributed by atoms with Gasteiger partial charge in [0, 0.05) is 43.5 Å². The number of carbonyl (C=O) groups is 2. The molecule has 7 nitrogen and oxygen atoms in total. The summed E-state index contributed by atoms with van der Waals surface area (Å²) in [6.45, 7) is 3.06. The highest BCUT2D eigenvalue weighted by Crippen LogP contribution is 2.34. The third-order valence-corrected chi connectivity index (χ3v) is 6.44. The van der Waals surface area contributed by atoms with Gasteiger partial charge in [0.1, 0.15) is 11.8 Å². The molecule has 1 unspecified atom stereocenters. The molecule has 3 heterocycles. The lowest BCUT2D eigenvalue weighted by Gasteiger charge is -2.35. The van der Waals surface area contributed by atoms with E-state index in [4.69, 9.17) is 16.0 Å². The number of hydrogen-bond donors (Lipinski definition) is 0. The molecule has 3 aliphatic rings. The van der Waals surface area contributed by atoms with Crippen LogP contribution in [0.5, 0.6) is 0 Å². The highest BCUT2D eigenvalue weighted by atomic mass is 35.5. The van der Waals surface area contributed by atoms with Gasteiger partial charge in [-0.2, -0.15) is 5.10 Å². The predicted molar refractivity (Wildman–Crippen MR) is 117 cm³/mol. The molecule has 1 aromatic carbocycles. The van der Waals surface area contributed by atoms with Crippen molar-refractivity contribution in [3.63, 3.8) is 0 Å². The Balaban J connectivity index is 1.27. The summed E-state index contributed by atoms with van der Waals surface area (Å²) in [4.78, 5) is 29.5. The van der Waals surface area contributed by atoms with Crippen LogP contribution in [0.15, 0.2) is 52.2 Å². The molecule has 2 fully saturated rings. The molecular weight excluding hydrogens is 416 g/mol. The number of hydrogen-bond acceptors (Lipinski definition) is 5. The van der Waals surface area contributed by atoms with Crippen molar-refractivity contribution in [3.05, 3.63) is 59.0 Å². The van der Waals surface area contributed by atoms with Crippen LogP contribution in [0, 0.1) is 5.92 Å². The van der Waals surface area contributed by atoms with E-state index < -0.39 is 0 Å². The second-order valence-electron chi connectivity index (χ2n) is 8.40. The number of benzene rings is 1. The van der Waals surface area contributed by atoms with Gasteiger partial charge in [-0.25, -0.2) is 5.01 Å². The largest absolute Gasteiger partial charge is 0.467 e. The summed E-state index contributed by atoms with van der Waals surface area (Å²) in [5.74, 6) is 1.18. The van der Waals surface area contributed by atoms with Gasteiger partial charge in [-0.05, 0) is 42.7 Å². The number of halogens is 1. The number of rotatable bonds is 5. The molecule has 1 saturated carbocycles. The zero-order chi connectivity index (χ0) is 21.4. The molecule has 2 aromatic rings. The Bertz CT molecular complexity index is 977. The molecule has 2 amide bonds. The van der Waals surface area contributed by atoms with Crippen molar-refractivity contribution in [1.82, 2.24) is 14.8 Å². The quantitative estimate of drug-likeness (QED) is 0.716. The number of furan rings is 1. The maximum atomic E-state index is 13.2. The van der Waals surface area contributed by atoms with E-state index in [0.717, 1.165) is 29.9 Å². The van der Waals surface area contributed by atoms with E-state index in [1.54, 1.807) is 11.3 Å². The summed E-state index contributed by atoms with van der Waals surface area (Å²) in [6.07, 6.45) is 4.25. The molecule has 31 heavy (non-hydrogen) atoms. The zero-order valence-corrected chi connectivity index (χ0v) is 18.0. The van der Waals surface area contributed by atoms with Crippen LogP contribution in [0.25, 0.3) is 0 Å². The van der Waals surface area contributed by atoms with E-state index in [-0.39, 0.29) is 30.3 Å². The topological polar surface area (TPSA) is 69.4 Å². The lowest BCUT2D eigenvalue weighted by Crippen LogP contribution is -2.51. The zero-order valence-electron chi connectivity index (χ0n) is 17.2. The molecule has 162 valence electrons. The van der Waals surface area contributed by atoms with Crippen molar-refractivity contribution in [1.29, 1.82) is 0 Å². The maximum absolute atomic E-state index is 13.2. The third-order valence-electron chi connectivity index (χ3n) is 6.18. The Morgan fingerprint density at radius 3 is 2.45 bits per heavy atom. The summed E-state index contributed by atoms with van der Waals surface area (Å²) >= 11 is 6.02. The summed E-state index contributed by atoms with van der Waals surface area (Å²) in [7, 11) is 0. The monoisotopic (exact) mass is 440 g/mol. The van der Waals surface area contributed by atoms with E-state index in [1.807, 2.05) is 41.3 Å². The number of hydrazone groups is 1. The van der Waals surface area contributed by atoms with E-state index in [9.17, 15) is 9.59 Å². The van der Waals surface area contributed by atoms with E-state index in [0.29, 0.717) is 37.6 Å². The summed E-state index contributed by atoms with van der Waals surface area (Å²) in [5.41, 5.74) is 1.79.